The van der Waals surface area contributed by atoms with Gasteiger partial charge in [-0.2, -0.15) is 0 Å². The Morgan fingerprint density at radius 2 is 2.00 bits per heavy atom. The maximum absolute atomic E-state index is 5.57. The third-order valence-electron chi connectivity index (χ3n) is 2.03. The van der Waals surface area contributed by atoms with Crippen LogP contribution in [0.1, 0.15) is 32.2 Å². The summed E-state index contributed by atoms with van der Waals surface area (Å²) >= 11 is 0. The highest BCUT2D eigenvalue weighted by Crippen LogP contribution is 2.24. The summed E-state index contributed by atoms with van der Waals surface area (Å²) in [5.41, 5.74) is 2.51. The van der Waals surface area contributed by atoms with Gasteiger partial charge in [0.2, 0.25) is 11.6 Å². The van der Waals surface area contributed by atoms with E-state index in [2.05, 4.69) is 30.7 Å². The molecule has 0 unspecified atom stereocenters. The normalized spacial score (nSPS) is 12.3. The number of oxazole rings is 1. The molecule has 14 heavy (non-hydrogen) atoms. The van der Waals surface area contributed by atoms with E-state index in [-0.39, 0.29) is 5.41 Å². The van der Waals surface area contributed by atoms with Crippen molar-refractivity contribution in [3.8, 4) is 0 Å². The van der Waals surface area contributed by atoms with Gasteiger partial charge in [0.1, 0.15) is 5.52 Å². The molecule has 0 saturated heterocycles. The lowest BCUT2D eigenvalue weighted by Gasteiger charge is -2.11. The minimum absolute atomic E-state index is 0.0609. The van der Waals surface area contributed by atoms with Crippen molar-refractivity contribution in [3.63, 3.8) is 0 Å². The molecule has 0 bridgehead atoms. The van der Waals surface area contributed by atoms with Crippen LogP contribution in [0.5, 0.6) is 0 Å². The molecule has 0 aromatic carbocycles. The molecule has 0 saturated carbocycles. The van der Waals surface area contributed by atoms with Crippen LogP contribution in [-0.2, 0) is 5.41 Å². The third-order valence-corrected chi connectivity index (χ3v) is 2.03. The fraction of sp³-hybridized carbons (Fsp3) is 0.455. The molecule has 0 N–H and O–H groups in total. The minimum atomic E-state index is -0.0609. The maximum Gasteiger partial charge on any atom is 0.246 e. The van der Waals surface area contributed by atoms with Gasteiger partial charge in [-0.1, -0.05) is 20.8 Å². The first-order valence-corrected chi connectivity index (χ1v) is 4.70. The molecule has 0 aliphatic carbocycles. The van der Waals surface area contributed by atoms with Crippen LogP contribution in [0.3, 0.4) is 0 Å². The van der Waals surface area contributed by atoms with Crippen molar-refractivity contribution in [2.45, 2.75) is 33.1 Å². The second-order valence-corrected chi connectivity index (χ2v) is 4.61. The number of pyridine rings is 1. The Kier molecular flexibility index (Phi) is 1.84. The maximum atomic E-state index is 5.57. The summed E-state index contributed by atoms with van der Waals surface area (Å²) in [5.74, 6) is 0.741. The molecule has 0 amide bonds. The van der Waals surface area contributed by atoms with E-state index in [9.17, 15) is 0 Å². The second kappa shape index (κ2) is 2.80. The van der Waals surface area contributed by atoms with Crippen molar-refractivity contribution < 1.29 is 4.42 Å². The van der Waals surface area contributed by atoms with Gasteiger partial charge in [0.05, 0.1) is 0 Å². The van der Waals surface area contributed by atoms with Gasteiger partial charge in [-0.05, 0) is 18.6 Å². The highest BCUT2D eigenvalue weighted by Gasteiger charge is 2.21. The number of hydrogen-bond acceptors (Lipinski definition) is 3. The molecule has 3 heteroatoms. The fourth-order valence-electron chi connectivity index (χ4n) is 1.24. The fourth-order valence-corrected chi connectivity index (χ4v) is 1.24. The molecule has 0 fully saturated rings. The third kappa shape index (κ3) is 1.50. The van der Waals surface area contributed by atoms with Crippen molar-refractivity contribution in [1.29, 1.82) is 0 Å². The number of aryl methyl sites for hydroxylation is 1. The summed E-state index contributed by atoms with van der Waals surface area (Å²) in [5, 5.41) is 0. The van der Waals surface area contributed by atoms with Crippen molar-refractivity contribution in [1.82, 2.24) is 9.97 Å². The van der Waals surface area contributed by atoms with E-state index in [1.54, 1.807) is 6.20 Å². The average molecular weight is 190 g/mol. The van der Waals surface area contributed by atoms with Gasteiger partial charge in [-0.25, -0.2) is 9.97 Å². The first-order chi connectivity index (χ1) is 6.47. The number of nitrogens with zero attached hydrogens (tertiary/aromatic N) is 2. The van der Waals surface area contributed by atoms with Crippen molar-refractivity contribution in [3.05, 3.63) is 23.7 Å². The summed E-state index contributed by atoms with van der Waals surface area (Å²) in [6.45, 7) is 8.22. The van der Waals surface area contributed by atoms with Gasteiger partial charge in [-0.15, -0.1) is 0 Å². The molecule has 0 atom stereocenters. The molecular weight excluding hydrogens is 176 g/mol. The molecule has 0 radical (unpaired) electrons. The summed E-state index contributed by atoms with van der Waals surface area (Å²) in [4.78, 5) is 8.60. The van der Waals surface area contributed by atoms with Crippen LogP contribution in [0.2, 0.25) is 0 Å². The topological polar surface area (TPSA) is 38.9 Å². The van der Waals surface area contributed by atoms with Gasteiger partial charge >= 0.3 is 0 Å². The zero-order chi connectivity index (χ0) is 10.3. The summed E-state index contributed by atoms with van der Waals surface area (Å²) in [6, 6.07) is 1.99. The Balaban J connectivity index is 2.63. The molecule has 2 aromatic heterocycles. The van der Waals surface area contributed by atoms with E-state index >= 15 is 0 Å². The number of rotatable bonds is 0. The standard InChI is InChI=1S/C11H14N2O/c1-7-5-8-9(12-6-7)14-10(13-8)11(2,3)4/h5-6H,1-4H3. The van der Waals surface area contributed by atoms with Gasteiger partial charge in [0, 0.05) is 11.6 Å². The van der Waals surface area contributed by atoms with E-state index < -0.39 is 0 Å². The zero-order valence-electron chi connectivity index (χ0n) is 8.96. The van der Waals surface area contributed by atoms with Gasteiger partial charge in [0.25, 0.3) is 0 Å². The van der Waals surface area contributed by atoms with Gasteiger partial charge in [0.15, 0.2) is 0 Å². The molecule has 3 nitrogen and oxygen atoms in total. The monoisotopic (exact) mass is 190 g/mol. The minimum Gasteiger partial charge on any atom is -0.422 e. The lowest BCUT2D eigenvalue weighted by Crippen LogP contribution is -2.10. The number of hydrogen-bond donors (Lipinski definition) is 0. The highest BCUT2D eigenvalue weighted by atomic mass is 16.4. The van der Waals surface area contributed by atoms with Crippen LogP contribution < -0.4 is 0 Å². The Labute approximate surface area is 83.2 Å². The Bertz CT molecular complexity index is 466. The quantitative estimate of drug-likeness (QED) is 0.641. The van der Waals surface area contributed by atoms with Gasteiger partial charge in [-0.3, -0.25) is 0 Å². The summed E-state index contributed by atoms with van der Waals surface area (Å²) in [7, 11) is 0. The van der Waals surface area contributed by atoms with Crippen LogP contribution >= 0.6 is 0 Å². The lowest BCUT2D eigenvalue weighted by molar-refractivity contribution is 0.407. The number of aromatic nitrogens is 2. The molecule has 2 heterocycles. The van der Waals surface area contributed by atoms with Crippen LogP contribution in [0.4, 0.5) is 0 Å². The first kappa shape index (κ1) is 9.19. The smallest absolute Gasteiger partial charge is 0.246 e. The van der Waals surface area contributed by atoms with Crippen LogP contribution in [0.25, 0.3) is 11.2 Å². The van der Waals surface area contributed by atoms with E-state index in [1.807, 2.05) is 13.0 Å². The Hall–Kier alpha value is -1.38. The largest absolute Gasteiger partial charge is 0.422 e. The van der Waals surface area contributed by atoms with Crippen molar-refractivity contribution in [2.24, 2.45) is 0 Å². The molecule has 0 aliphatic heterocycles. The SMILES string of the molecule is Cc1cnc2oc(C(C)(C)C)nc2c1. The van der Waals surface area contributed by atoms with E-state index in [1.165, 1.54) is 0 Å². The average Bonchev–Trinajstić information content (AvgIpc) is 2.45. The summed E-state index contributed by atoms with van der Waals surface area (Å²) in [6.07, 6.45) is 1.79. The number of fused-ring (bicyclic) bond motifs is 1. The van der Waals surface area contributed by atoms with Crippen molar-refractivity contribution in [2.75, 3.05) is 0 Å². The Morgan fingerprint density at radius 1 is 1.29 bits per heavy atom. The lowest BCUT2D eigenvalue weighted by atomic mass is 9.97. The zero-order valence-corrected chi connectivity index (χ0v) is 8.96. The van der Waals surface area contributed by atoms with Crippen LogP contribution in [0.15, 0.2) is 16.7 Å². The molecule has 74 valence electrons. The summed E-state index contributed by atoms with van der Waals surface area (Å²) < 4.78 is 5.57. The van der Waals surface area contributed by atoms with E-state index in [0.717, 1.165) is 17.0 Å². The molecule has 2 aromatic rings. The molecule has 2 rings (SSSR count). The second-order valence-electron chi connectivity index (χ2n) is 4.61. The van der Waals surface area contributed by atoms with E-state index in [4.69, 9.17) is 4.42 Å². The molecular formula is C11H14N2O. The molecule has 0 aliphatic rings. The predicted molar refractivity (Wildman–Crippen MR) is 55.2 cm³/mol. The highest BCUT2D eigenvalue weighted by molar-refractivity contribution is 5.68. The molecule has 0 spiro atoms. The first-order valence-electron chi connectivity index (χ1n) is 4.70. The van der Waals surface area contributed by atoms with Crippen molar-refractivity contribution >= 4 is 11.2 Å². The van der Waals surface area contributed by atoms with Crippen LogP contribution in [0, 0.1) is 6.92 Å². The van der Waals surface area contributed by atoms with Gasteiger partial charge < -0.3 is 4.42 Å². The predicted octanol–water partition coefficient (Wildman–Crippen LogP) is 2.83. The van der Waals surface area contributed by atoms with E-state index in [0.29, 0.717) is 5.71 Å². The van der Waals surface area contributed by atoms with Crippen LogP contribution in [-0.4, -0.2) is 9.97 Å². The Morgan fingerprint density at radius 3 is 2.64 bits per heavy atom.